The van der Waals surface area contributed by atoms with Crippen molar-refractivity contribution in [3.63, 3.8) is 0 Å². The fraction of sp³-hybridized carbons (Fsp3) is 0.435. The lowest BCUT2D eigenvalue weighted by Crippen LogP contribution is -2.20. The highest BCUT2D eigenvalue weighted by Gasteiger charge is 2.16. The van der Waals surface area contributed by atoms with Crippen molar-refractivity contribution in [2.24, 2.45) is 0 Å². The number of hydrogen-bond acceptors (Lipinski definition) is 5. The van der Waals surface area contributed by atoms with Crippen molar-refractivity contribution in [2.75, 3.05) is 33.3 Å². The van der Waals surface area contributed by atoms with Gasteiger partial charge in [-0.25, -0.2) is 0 Å². The minimum Gasteiger partial charge on any atom is -0.493 e. The molecule has 0 aromatic heterocycles. The summed E-state index contributed by atoms with van der Waals surface area (Å²) in [5.41, 5.74) is 1.90. The highest BCUT2D eigenvalue weighted by molar-refractivity contribution is 5.92. The zero-order chi connectivity index (χ0) is 20.6. The third kappa shape index (κ3) is 5.34. The second-order valence-corrected chi connectivity index (χ2v) is 7.15. The number of anilines is 1. The van der Waals surface area contributed by atoms with Gasteiger partial charge < -0.3 is 24.3 Å². The first-order chi connectivity index (χ1) is 14.1. The molecule has 1 amide bonds. The Morgan fingerprint density at radius 3 is 2.10 bits per heavy atom. The molecule has 156 valence electrons. The van der Waals surface area contributed by atoms with E-state index in [4.69, 9.17) is 18.9 Å². The SMILES string of the molecule is COc1cc(NC(=O)COc2ccc(C3CCCCC3)cc2)cc(OC)c1OC. The molecular formula is C23H29NO5. The van der Waals surface area contributed by atoms with Gasteiger partial charge in [-0.2, -0.15) is 0 Å². The first-order valence-electron chi connectivity index (χ1n) is 9.97. The minimum atomic E-state index is -0.268. The molecule has 1 N–H and O–H groups in total. The summed E-state index contributed by atoms with van der Waals surface area (Å²) in [5, 5.41) is 2.80. The van der Waals surface area contributed by atoms with Crippen LogP contribution in [-0.2, 0) is 4.79 Å². The summed E-state index contributed by atoms with van der Waals surface area (Å²) in [4.78, 5) is 12.3. The van der Waals surface area contributed by atoms with E-state index in [-0.39, 0.29) is 12.5 Å². The average Bonchev–Trinajstić information content (AvgIpc) is 2.78. The largest absolute Gasteiger partial charge is 0.493 e. The van der Waals surface area contributed by atoms with E-state index in [9.17, 15) is 4.79 Å². The predicted molar refractivity (Wildman–Crippen MR) is 112 cm³/mol. The van der Waals surface area contributed by atoms with Crippen molar-refractivity contribution in [3.8, 4) is 23.0 Å². The maximum absolute atomic E-state index is 12.3. The van der Waals surface area contributed by atoms with Crippen LogP contribution in [0, 0.1) is 0 Å². The molecular weight excluding hydrogens is 370 g/mol. The van der Waals surface area contributed by atoms with E-state index in [0.717, 1.165) is 0 Å². The van der Waals surface area contributed by atoms with E-state index in [0.29, 0.717) is 34.6 Å². The van der Waals surface area contributed by atoms with Gasteiger partial charge in [-0.05, 0) is 36.5 Å². The first kappa shape index (κ1) is 20.8. The number of ether oxygens (including phenoxy) is 4. The quantitative estimate of drug-likeness (QED) is 0.692. The molecule has 29 heavy (non-hydrogen) atoms. The van der Waals surface area contributed by atoms with Gasteiger partial charge in [0.1, 0.15) is 5.75 Å². The van der Waals surface area contributed by atoms with Gasteiger partial charge in [0.15, 0.2) is 18.1 Å². The maximum Gasteiger partial charge on any atom is 0.262 e. The molecule has 1 aliphatic rings. The Bertz CT molecular complexity index is 788. The van der Waals surface area contributed by atoms with Crippen molar-refractivity contribution in [3.05, 3.63) is 42.0 Å². The second-order valence-electron chi connectivity index (χ2n) is 7.15. The molecule has 2 aromatic rings. The fourth-order valence-corrected chi connectivity index (χ4v) is 3.77. The van der Waals surface area contributed by atoms with Crippen molar-refractivity contribution in [1.29, 1.82) is 0 Å². The highest BCUT2D eigenvalue weighted by Crippen LogP contribution is 2.40. The van der Waals surface area contributed by atoms with Gasteiger partial charge in [0, 0.05) is 17.8 Å². The van der Waals surface area contributed by atoms with Crippen molar-refractivity contribution >= 4 is 11.6 Å². The van der Waals surface area contributed by atoms with E-state index in [1.807, 2.05) is 12.1 Å². The zero-order valence-corrected chi connectivity index (χ0v) is 17.3. The van der Waals surface area contributed by atoms with Crippen LogP contribution in [0.1, 0.15) is 43.6 Å². The van der Waals surface area contributed by atoms with Gasteiger partial charge >= 0.3 is 0 Å². The molecule has 0 radical (unpaired) electrons. The zero-order valence-electron chi connectivity index (χ0n) is 17.3. The number of rotatable bonds is 8. The van der Waals surface area contributed by atoms with Crippen LogP contribution >= 0.6 is 0 Å². The average molecular weight is 399 g/mol. The predicted octanol–water partition coefficient (Wildman–Crippen LogP) is 4.78. The van der Waals surface area contributed by atoms with Crippen LogP contribution in [0.2, 0.25) is 0 Å². The van der Waals surface area contributed by atoms with E-state index in [2.05, 4.69) is 17.4 Å². The lowest BCUT2D eigenvalue weighted by Gasteiger charge is -2.22. The third-order valence-electron chi connectivity index (χ3n) is 5.28. The van der Waals surface area contributed by atoms with Crippen LogP contribution in [0.25, 0.3) is 0 Å². The molecule has 2 aromatic carbocycles. The summed E-state index contributed by atoms with van der Waals surface area (Å²) in [6, 6.07) is 11.5. The lowest BCUT2D eigenvalue weighted by atomic mass is 9.84. The molecule has 1 saturated carbocycles. The Balaban J connectivity index is 1.57. The monoisotopic (exact) mass is 399 g/mol. The van der Waals surface area contributed by atoms with Crippen LogP contribution in [-0.4, -0.2) is 33.8 Å². The Morgan fingerprint density at radius 2 is 1.55 bits per heavy atom. The summed E-state index contributed by atoms with van der Waals surface area (Å²) in [6.45, 7) is -0.0839. The molecule has 6 nitrogen and oxygen atoms in total. The van der Waals surface area contributed by atoms with Crippen molar-refractivity contribution in [1.82, 2.24) is 0 Å². The summed E-state index contributed by atoms with van der Waals surface area (Å²) >= 11 is 0. The van der Waals surface area contributed by atoms with E-state index >= 15 is 0 Å². The van der Waals surface area contributed by atoms with Crippen LogP contribution in [0.3, 0.4) is 0 Å². The summed E-state index contributed by atoms with van der Waals surface area (Å²) in [6.07, 6.45) is 6.49. The summed E-state index contributed by atoms with van der Waals surface area (Å²) in [5.74, 6) is 2.49. The lowest BCUT2D eigenvalue weighted by molar-refractivity contribution is -0.118. The number of amides is 1. The van der Waals surface area contributed by atoms with Gasteiger partial charge in [-0.15, -0.1) is 0 Å². The number of hydrogen-bond donors (Lipinski definition) is 1. The Morgan fingerprint density at radius 1 is 0.931 bits per heavy atom. The van der Waals surface area contributed by atoms with Gasteiger partial charge in [0.25, 0.3) is 5.91 Å². The standard InChI is InChI=1S/C23H29NO5/c1-26-20-13-18(14-21(27-2)23(20)28-3)24-22(25)15-29-19-11-9-17(10-12-19)16-7-5-4-6-8-16/h9-14,16H,4-8,15H2,1-3H3,(H,24,25). The molecule has 0 unspecified atom stereocenters. The molecule has 1 aliphatic carbocycles. The second kappa shape index (κ2) is 10.0. The molecule has 0 bridgehead atoms. The van der Waals surface area contributed by atoms with E-state index in [1.54, 1.807) is 12.1 Å². The molecule has 0 spiro atoms. The number of nitrogens with one attached hydrogen (secondary N) is 1. The fourth-order valence-electron chi connectivity index (χ4n) is 3.77. The van der Waals surface area contributed by atoms with Gasteiger partial charge in [-0.1, -0.05) is 31.4 Å². The maximum atomic E-state index is 12.3. The van der Waals surface area contributed by atoms with Crippen LogP contribution in [0.5, 0.6) is 23.0 Å². The normalized spacial score (nSPS) is 14.2. The van der Waals surface area contributed by atoms with Gasteiger partial charge in [0.2, 0.25) is 5.75 Å². The topological polar surface area (TPSA) is 66.0 Å². The Kier molecular flexibility index (Phi) is 7.22. The smallest absolute Gasteiger partial charge is 0.262 e. The molecule has 1 fully saturated rings. The van der Waals surface area contributed by atoms with Crippen molar-refractivity contribution < 1.29 is 23.7 Å². The Hall–Kier alpha value is -2.89. The number of benzene rings is 2. The molecule has 0 aliphatic heterocycles. The van der Waals surface area contributed by atoms with Crippen LogP contribution in [0.4, 0.5) is 5.69 Å². The molecule has 0 atom stereocenters. The van der Waals surface area contributed by atoms with Gasteiger partial charge in [-0.3, -0.25) is 4.79 Å². The first-order valence-corrected chi connectivity index (χ1v) is 9.97. The molecule has 0 saturated heterocycles. The highest BCUT2D eigenvalue weighted by atomic mass is 16.5. The summed E-state index contributed by atoms with van der Waals surface area (Å²) in [7, 11) is 4.60. The number of carbonyl (C=O) groups is 1. The van der Waals surface area contributed by atoms with E-state index in [1.165, 1.54) is 59.0 Å². The number of methoxy groups -OCH3 is 3. The minimum absolute atomic E-state index is 0.0839. The molecule has 0 heterocycles. The van der Waals surface area contributed by atoms with Crippen LogP contribution in [0.15, 0.2) is 36.4 Å². The summed E-state index contributed by atoms with van der Waals surface area (Å²) < 4.78 is 21.5. The van der Waals surface area contributed by atoms with Gasteiger partial charge in [0.05, 0.1) is 21.3 Å². The Labute approximate surface area is 172 Å². The molecule has 6 heteroatoms. The van der Waals surface area contributed by atoms with Crippen LogP contribution < -0.4 is 24.3 Å². The van der Waals surface area contributed by atoms with Crippen molar-refractivity contribution in [2.45, 2.75) is 38.0 Å². The third-order valence-corrected chi connectivity index (χ3v) is 5.28. The molecule has 3 rings (SSSR count). The number of carbonyl (C=O) groups excluding carboxylic acids is 1. The van der Waals surface area contributed by atoms with E-state index < -0.39 is 0 Å².